The van der Waals surface area contributed by atoms with Crippen LogP contribution < -0.4 is 0 Å². The Morgan fingerprint density at radius 2 is 1.93 bits per heavy atom. The summed E-state index contributed by atoms with van der Waals surface area (Å²) in [6, 6.07) is 12.5. The number of aryl methyl sites for hydroxylation is 1. The van der Waals surface area contributed by atoms with E-state index < -0.39 is 0 Å². The zero-order valence-electron chi connectivity index (χ0n) is 15.2. The summed E-state index contributed by atoms with van der Waals surface area (Å²) >= 11 is 3.33. The van der Waals surface area contributed by atoms with Crippen molar-refractivity contribution in [1.29, 1.82) is 0 Å². The van der Waals surface area contributed by atoms with Crippen LogP contribution in [0.1, 0.15) is 18.2 Å². The maximum Gasteiger partial charge on any atom is 0.191 e. The van der Waals surface area contributed by atoms with Gasteiger partial charge >= 0.3 is 0 Å². The minimum absolute atomic E-state index is 0.766. The Kier molecular flexibility index (Phi) is 5.31. The normalized spacial score (nSPS) is 11.0. The third-order valence-corrected chi connectivity index (χ3v) is 6.26. The fourth-order valence-electron chi connectivity index (χ4n) is 2.71. The summed E-state index contributed by atoms with van der Waals surface area (Å²) in [5.74, 6) is 1.59. The second kappa shape index (κ2) is 8.02. The highest BCUT2D eigenvalue weighted by molar-refractivity contribution is 7.98. The lowest BCUT2D eigenvalue weighted by molar-refractivity contribution is 0.793. The van der Waals surface area contributed by atoms with E-state index in [2.05, 4.69) is 51.8 Å². The first-order valence-electron chi connectivity index (χ1n) is 8.71. The molecule has 136 valence electrons. The average molecular weight is 394 g/mol. The number of nitrogens with zero attached hydrogens (tertiary/aromatic N) is 5. The van der Waals surface area contributed by atoms with E-state index in [1.165, 1.54) is 11.1 Å². The molecular weight excluding hydrogens is 374 g/mol. The Morgan fingerprint density at radius 1 is 1.07 bits per heavy atom. The van der Waals surface area contributed by atoms with Crippen LogP contribution in [-0.4, -0.2) is 24.7 Å². The van der Waals surface area contributed by atoms with E-state index in [0.29, 0.717) is 0 Å². The molecule has 0 spiro atoms. The highest BCUT2D eigenvalue weighted by atomic mass is 32.2. The fourth-order valence-corrected chi connectivity index (χ4v) is 4.45. The predicted molar refractivity (Wildman–Crippen MR) is 111 cm³/mol. The lowest BCUT2D eigenvalue weighted by Gasteiger charge is -2.02. The Labute approximate surface area is 166 Å². The van der Waals surface area contributed by atoms with Gasteiger partial charge in [-0.15, -0.1) is 21.5 Å². The van der Waals surface area contributed by atoms with Gasteiger partial charge in [-0.1, -0.05) is 43.0 Å². The summed E-state index contributed by atoms with van der Waals surface area (Å²) in [6.45, 7) is 2.17. The molecule has 0 saturated carbocycles. The van der Waals surface area contributed by atoms with Gasteiger partial charge in [0.1, 0.15) is 5.01 Å². The highest BCUT2D eigenvalue weighted by Crippen LogP contribution is 2.28. The van der Waals surface area contributed by atoms with Crippen molar-refractivity contribution in [2.24, 2.45) is 7.05 Å². The summed E-state index contributed by atoms with van der Waals surface area (Å²) in [6.07, 6.45) is 4.61. The first-order valence-corrected chi connectivity index (χ1v) is 10.6. The number of pyridine rings is 1. The van der Waals surface area contributed by atoms with Crippen molar-refractivity contribution >= 4 is 23.1 Å². The first-order chi connectivity index (χ1) is 13.2. The number of rotatable bonds is 6. The van der Waals surface area contributed by atoms with Crippen LogP contribution in [0.3, 0.4) is 0 Å². The molecule has 3 aromatic heterocycles. The Morgan fingerprint density at radius 3 is 2.67 bits per heavy atom. The molecule has 0 atom stereocenters. The molecule has 0 saturated heterocycles. The molecular formula is C20H19N5S2. The van der Waals surface area contributed by atoms with Gasteiger partial charge in [-0.05, 0) is 24.1 Å². The second-order valence-corrected chi connectivity index (χ2v) is 7.89. The molecule has 0 bridgehead atoms. The quantitative estimate of drug-likeness (QED) is 0.438. The largest absolute Gasteiger partial charge is 0.305 e. The Bertz CT molecular complexity index is 1020. The van der Waals surface area contributed by atoms with E-state index in [-0.39, 0.29) is 0 Å². The van der Waals surface area contributed by atoms with Crippen LogP contribution in [0.15, 0.2) is 59.3 Å². The smallest absolute Gasteiger partial charge is 0.191 e. The lowest BCUT2D eigenvalue weighted by Crippen LogP contribution is -1.95. The van der Waals surface area contributed by atoms with Gasteiger partial charge in [0.05, 0.1) is 5.69 Å². The SMILES string of the molecule is CCc1ccc(-c2nc(CSc3nnc(-c4cccnc4)n3C)cs2)cc1. The van der Waals surface area contributed by atoms with E-state index in [4.69, 9.17) is 4.98 Å². The molecule has 4 rings (SSSR count). The number of aromatic nitrogens is 5. The molecule has 0 aliphatic heterocycles. The molecule has 0 radical (unpaired) electrons. The van der Waals surface area contributed by atoms with Gasteiger partial charge in [-0.3, -0.25) is 4.98 Å². The van der Waals surface area contributed by atoms with Crippen LogP contribution in [0.25, 0.3) is 22.0 Å². The van der Waals surface area contributed by atoms with Gasteiger partial charge in [-0.2, -0.15) is 0 Å². The van der Waals surface area contributed by atoms with E-state index in [1.54, 1.807) is 35.5 Å². The van der Waals surface area contributed by atoms with Gasteiger partial charge in [0, 0.05) is 41.7 Å². The van der Waals surface area contributed by atoms with Crippen molar-refractivity contribution in [2.75, 3.05) is 0 Å². The molecule has 27 heavy (non-hydrogen) atoms. The molecule has 1 aromatic carbocycles. The van der Waals surface area contributed by atoms with Gasteiger partial charge in [0.15, 0.2) is 11.0 Å². The van der Waals surface area contributed by atoms with Crippen LogP contribution in [0, 0.1) is 0 Å². The molecule has 5 nitrogen and oxygen atoms in total. The zero-order valence-corrected chi connectivity index (χ0v) is 16.8. The summed E-state index contributed by atoms with van der Waals surface area (Å²) < 4.78 is 2.00. The summed E-state index contributed by atoms with van der Waals surface area (Å²) in [4.78, 5) is 8.93. The third-order valence-electron chi connectivity index (χ3n) is 4.26. The topological polar surface area (TPSA) is 56.5 Å². The van der Waals surface area contributed by atoms with E-state index in [1.807, 2.05) is 23.7 Å². The van der Waals surface area contributed by atoms with Crippen molar-refractivity contribution < 1.29 is 0 Å². The molecule has 0 aliphatic rings. The highest BCUT2D eigenvalue weighted by Gasteiger charge is 2.12. The van der Waals surface area contributed by atoms with Crippen molar-refractivity contribution in [2.45, 2.75) is 24.3 Å². The average Bonchev–Trinajstić information content (AvgIpc) is 3.34. The predicted octanol–water partition coefficient (Wildman–Crippen LogP) is 4.86. The van der Waals surface area contributed by atoms with Crippen molar-refractivity contribution in [1.82, 2.24) is 24.7 Å². The summed E-state index contributed by atoms with van der Waals surface area (Å²) in [7, 11) is 1.98. The fraction of sp³-hybridized carbons (Fsp3) is 0.200. The molecule has 0 amide bonds. The molecule has 7 heteroatoms. The number of hydrogen-bond acceptors (Lipinski definition) is 6. The van der Waals surface area contributed by atoms with Gasteiger partial charge in [-0.25, -0.2) is 4.98 Å². The molecule has 0 aliphatic carbocycles. The van der Waals surface area contributed by atoms with Crippen LogP contribution in [0.5, 0.6) is 0 Å². The lowest BCUT2D eigenvalue weighted by atomic mass is 10.1. The number of thioether (sulfide) groups is 1. The number of thiazole rings is 1. The number of hydrogen-bond donors (Lipinski definition) is 0. The van der Waals surface area contributed by atoms with Crippen molar-refractivity contribution in [3.8, 4) is 22.0 Å². The minimum atomic E-state index is 0.766. The van der Waals surface area contributed by atoms with Crippen LogP contribution >= 0.6 is 23.1 Å². The van der Waals surface area contributed by atoms with E-state index >= 15 is 0 Å². The van der Waals surface area contributed by atoms with Crippen molar-refractivity contribution in [3.63, 3.8) is 0 Å². The summed E-state index contributed by atoms with van der Waals surface area (Å²) in [5, 5.41) is 12.7. The van der Waals surface area contributed by atoms with E-state index in [9.17, 15) is 0 Å². The summed E-state index contributed by atoms with van der Waals surface area (Å²) in [5.41, 5.74) is 4.54. The first kappa shape index (κ1) is 17.9. The molecule has 0 N–H and O–H groups in total. The molecule has 3 heterocycles. The standard InChI is InChI=1S/C20H19N5S2/c1-3-14-6-8-15(9-7-14)19-22-17(12-26-19)13-27-20-24-23-18(25(20)2)16-5-4-10-21-11-16/h4-12H,3,13H2,1-2H3. The second-order valence-electron chi connectivity index (χ2n) is 6.09. The van der Waals surface area contributed by atoms with Gasteiger partial charge < -0.3 is 4.57 Å². The monoisotopic (exact) mass is 393 g/mol. The zero-order chi connectivity index (χ0) is 18.6. The van der Waals surface area contributed by atoms with Crippen LogP contribution in [0.2, 0.25) is 0 Å². The Balaban J connectivity index is 1.45. The maximum absolute atomic E-state index is 4.78. The molecule has 0 unspecified atom stereocenters. The Hall–Kier alpha value is -2.51. The van der Waals surface area contributed by atoms with Gasteiger partial charge in [0.25, 0.3) is 0 Å². The van der Waals surface area contributed by atoms with Crippen LogP contribution in [0.4, 0.5) is 0 Å². The molecule has 0 fully saturated rings. The van der Waals surface area contributed by atoms with E-state index in [0.717, 1.165) is 39.4 Å². The maximum atomic E-state index is 4.78. The van der Waals surface area contributed by atoms with Crippen LogP contribution in [-0.2, 0) is 19.2 Å². The van der Waals surface area contributed by atoms with Crippen molar-refractivity contribution in [3.05, 3.63) is 65.4 Å². The number of benzene rings is 1. The van der Waals surface area contributed by atoms with Gasteiger partial charge in [0.2, 0.25) is 0 Å². The minimum Gasteiger partial charge on any atom is -0.305 e. The third kappa shape index (κ3) is 3.94. The molecule has 4 aromatic rings.